The highest BCUT2D eigenvalue weighted by molar-refractivity contribution is 6.32. The molecule has 0 unspecified atom stereocenters. The van der Waals surface area contributed by atoms with Crippen molar-refractivity contribution in [2.24, 2.45) is 5.92 Å². The fraction of sp³-hybridized carbons (Fsp3) is 0.200. The van der Waals surface area contributed by atoms with Crippen LogP contribution in [0.1, 0.15) is 34.3 Å². The molecule has 1 fully saturated rings. The molecule has 0 radical (unpaired) electrons. The number of esters is 1. The zero-order valence-electron chi connectivity index (χ0n) is 13.8. The van der Waals surface area contributed by atoms with Gasteiger partial charge in [0.15, 0.2) is 5.76 Å². The fourth-order valence-corrected chi connectivity index (χ4v) is 2.99. The molecule has 1 aliphatic carbocycles. The lowest BCUT2D eigenvalue weighted by molar-refractivity contribution is -0.135. The monoisotopic (exact) mass is 372 g/mol. The van der Waals surface area contributed by atoms with Crippen molar-refractivity contribution in [1.82, 2.24) is 0 Å². The number of allylic oxidation sites excluding steroid dienone is 1. The van der Waals surface area contributed by atoms with Crippen molar-refractivity contribution in [3.05, 3.63) is 63.6 Å². The lowest BCUT2D eigenvalue weighted by Crippen LogP contribution is -2.10. The highest BCUT2D eigenvalue weighted by Crippen LogP contribution is 2.40. The Labute approximate surface area is 154 Å². The maximum Gasteiger partial charge on any atom is 0.314 e. The van der Waals surface area contributed by atoms with Crippen LogP contribution < -0.4 is 9.47 Å². The highest BCUT2D eigenvalue weighted by atomic mass is 35.5. The van der Waals surface area contributed by atoms with E-state index in [2.05, 4.69) is 0 Å². The Kier molecular flexibility index (Phi) is 4.04. The van der Waals surface area contributed by atoms with Gasteiger partial charge in [-0.3, -0.25) is 9.59 Å². The van der Waals surface area contributed by atoms with Crippen LogP contribution in [0.25, 0.3) is 6.08 Å². The van der Waals surface area contributed by atoms with Crippen LogP contribution in [-0.2, 0) is 4.79 Å². The lowest BCUT2D eigenvalue weighted by atomic mass is 10.1. The molecule has 26 heavy (non-hydrogen) atoms. The lowest BCUT2D eigenvalue weighted by Gasteiger charge is -2.09. The molecule has 2 aromatic carbocycles. The van der Waals surface area contributed by atoms with Crippen LogP contribution in [0.2, 0.25) is 5.02 Å². The maximum atomic E-state index is 14.0. The number of ketones is 1. The molecule has 0 spiro atoms. The van der Waals surface area contributed by atoms with Crippen LogP contribution in [0.15, 0.2) is 36.1 Å². The Bertz CT molecular complexity index is 956. The minimum Gasteiger partial charge on any atom is -0.452 e. The molecule has 0 N–H and O–H groups in total. The van der Waals surface area contributed by atoms with Crippen LogP contribution >= 0.6 is 11.6 Å². The first-order chi connectivity index (χ1) is 12.5. The van der Waals surface area contributed by atoms with Gasteiger partial charge in [0.1, 0.15) is 17.3 Å². The number of carbonyl (C=O) groups is 2. The van der Waals surface area contributed by atoms with Crippen LogP contribution in [0, 0.1) is 18.7 Å². The summed E-state index contributed by atoms with van der Waals surface area (Å²) in [5, 5.41) is 0.181. The normalized spacial score (nSPS) is 17.2. The third kappa shape index (κ3) is 2.88. The summed E-state index contributed by atoms with van der Waals surface area (Å²) in [5.41, 5.74) is 0.976. The van der Waals surface area contributed by atoms with Crippen molar-refractivity contribution < 1.29 is 23.5 Å². The van der Waals surface area contributed by atoms with Crippen molar-refractivity contribution >= 4 is 29.4 Å². The van der Waals surface area contributed by atoms with Gasteiger partial charge in [0.05, 0.1) is 16.5 Å². The number of rotatable bonds is 3. The first-order valence-electron chi connectivity index (χ1n) is 8.19. The van der Waals surface area contributed by atoms with E-state index in [-0.39, 0.29) is 34.0 Å². The smallest absolute Gasteiger partial charge is 0.314 e. The fourth-order valence-electron chi connectivity index (χ4n) is 2.77. The highest BCUT2D eigenvalue weighted by Gasteiger charge is 2.34. The predicted molar refractivity (Wildman–Crippen MR) is 93.9 cm³/mol. The van der Waals surface area contributed by atoms with E-state index in [9.17, 15) is 14.0 Å². The van der Waals surface area contributed by atoms with Gasteiger partial charge in [-0.05, 0) is 50.1 Å². The number of hydrogen-bond donors (Lipinski definition) is 0. The molecule has 6 heteroatoms. The molecule has 4 nitrogen and oxygen atoms in total. The minimum absolute atomic E-state index is 0.0271. The zero-order valence-corrected chi connectivity index (χ0v) is 14.6. The van der Waals surface area contributed by atoms with Gasteiger partial charge in [-0.25, -0.2) is 4.39 Å². The maximum absolute atomic E-state index is 14.0. The zero-order chi connectivity index (χ0) is 18.4. The third-order valence-corrected chi connectivity index (χ3v) is 4.76. The Balaban J connectivity index is 1.68. The molecule has 132 valence electrons. The van der Waals surface area contributed by atoms with E-state index in [1.165, 1.54) is 24.3 Å². The second-order valence-electron chi connectivity index (χ2n) is 6.34. The van der Waals surface area contributed by atoms with Crippen LogP contribution in [0.4, 0.5) is 4.39 Å². The van der Waals surface area contributed by atoms with Crippen LogP contribution in [-0.4, -0.2) is 11.8 Å². The molecular weight excluding hydrogens is 359 g/mol. The number of halogens is 2. The summed E-state index contributed by atoms with van der Waals surface area (Å²) < 4.78 is 25.0. The van der Waals surface area contributed by atoms with Gasteiger partial charge in [-0.1, -0.05) is 17.7 Å². The van der Waals surface area contributed by atoms with E-state index in [1.807, 2.05) is 0 Å². The second-order valence-corrected chi connectivity index (χ2v) is 6.74. The molecule has 1 aliphatic heterocycles. The average molecular weight is 373 g/mol. The van der Waals surface area contributed by atoms with Gasteiger partial charge in [0.2, 0.25) is 5.78 Å². The molecule has 2 aromatic rings. The van der Waals surface area contributed by atoms with Gasteiger partial charge >= 0.3 is 5.97 Å². The standard InChI is InChI=1S/C20H14ClFO4/c1-10-16(26-20(24)11-5-6-11)8-7-12-18(23)17(25-19(10)12)9-13-14(21)3-2-4-15(13)22/h2-4,7-9,11H,5-6H2,1H3/b17-9-. The number of hydrogen-bond acceptors (Lipinski definition) is 4. The molecule has 0 atom stereocenters. The quantitative estimate of drug-likeness (QED) is 0.444. The van der Waals surface area contributed by atoms with E-state index >= 15 is 0 Å². The van der Waals surface area contributed by atoms with E-state index in [0.29, 0.717) is 22.6 Å². The first-order valence-corrected chi connectivity index (χ1v) is 8.57. The number of Topliss-reactive ketones (excluding diaryl/α,β-unsaturated/α-hetero) is 1. The predicted octanol–water partition coefficient (Wildman–Crippen LogP) is 4.72. The van der Waals surface area contributed by atoms with Crippen LogP contribution in [0.5, 0.6) is 11.5 Å². The molecule has 0 aromatic heterocycles. The second kappa shape index (κ2) is 6.25. The van der Waals surface area contributed by atoms with Gasteiger partial charge in [-0.2, -0.15) is 0 Å². The van der Waals surface area contributed by atoms with Gasteiger partial charge in [0, 0.05) is 11.1 Å². The first kappa shape index (κ1) is 16.8. The summed E-state index contributed by atoms with van der Waals surface area (Å²) in [6, 6.07) is 7.39. The summed E-state index contributed by atoms with van der Waals surface area (Å²) in [7, 11) is 0. The van der Waals surface area contributed by atoms with Crippen molar-refractivity contribution in [2.45, 2.75) is 19.8 Å². The summed E-state index contributed by atoms with van der Waals surface area (Å²) in [6.07, 6.45) is 2.97. The summed E-state index contributed by atoms with van der Waals surface area (Å²) in [6.45, 7) is 1.71. The number of fused-ring (bicyclic) bond motifs is 1. The Morgan fingerprint density at radius 2 is 2.08 bits per heavy atom. The van der Waals surface area contributed by atoms with Gasteiger partial charge in [-0.15, -0.1) is 0 Å². The number of ether oxygens (including phenoxy) is 2. The largest absolute Gasteiger partial charge is 0.452 e. The molecule has 0 amide bonds. The van der Waals surface area contributed by atoms with E-state index in [1.54, 1.807) is 19.1 Å². The molecule has 0 bridgehead atoms. The summed E-state index contributed by atoms with van der Waals surface area (Å²) >= 11 is 6.01. The number of benzene rings is 2. The van der Waals surface area contributed by atoms with Crippen molar-refractivity contribution in [1.29, 1.82) is 0 Å². The van der Waals surface area contributed by atoms with E-state index < -0.39 is 5.82 Å². The molecule has 0 saturated heterocycles. The summed E-state index contributed by atoms with van der Waals surface area (Å²) in [5.74, 6) is -0.583. The van der Waals surface area contributed by atoms with E-state index in [4.69, 9.17) is 21.1 Å². The minimum atomic E-state index is -0.548. The Morgan fingerprint density at radius 1 is 1.31 bits per heavy atom. The van der Waals surface area contributed by atoms with Gasteiger partial charge in [0.25, 0.3) is 0 Å². The Hall–Kier alpha value is -2.66. The molecule has 2 aliphatic rings. The average Bonchev–Trinajstić information content (AvgIpc) is 3.40. The molecular formula is C20H14ClFO4. The summed E-state index contributed by atoms with van der Waals surface area (Å²) in [4.78, 5) is 24.4. The molecule has 1 heterocycles. The van der Waals surface area contributed by atoms with Crippen molar-refractivity contribution in [3.8, 4) is 11.5 Å². The van der Waals surface area contributed by atoms with Crippen molar-refractivity contribution in [2.75, 3.05) is 0 Å². The topological polar surface area (TPSA) is 52.6 Å². The van der Waals surface area contributed by atoms with Gasteiger partial charge < -0.3 is 9.47 Å². The molecule has 4 rings (SSSR count). The number of carbonyl (C=O) groups excluding carboxylic acids is 2. The van der Waals surface area contributed by atoms with E-state index in [0.717, 1.165) is 12.8 Å². The van der Waals surface area contributed by atoms with Crippen LogP contribution in [0.3, 0.4) is 0 Å². The Morgan fingerprint density at radius 3 is 2.77 bits per heavy atom. The van der Waals surface area contributed by atoms with Crippen molar-refractivity contribution in [3.63, 3.8) is 0 Å². The SMILES string of the molecule is Cc1c(OC(=O)C2CC2)ccc2c1O/C(=C\c1c(F)cccc1Cl)C2=O. The molecule has 1 saturated carbocycles. The third-order valence-electron chi connectivity index (χ3n) is 4.43.